The fraction of sp³-hybridized carbons (Fsp3) is 0.0952. The van der Waals surface area contributed by atoms with Gasteiger partial charge in [0.05, 0.1) is 15.5 Å². The Morgan fingerprint density at radius 1 is 1.00 bits per heavy atom. The Kier molecular flexibility index (Phi) is 4.96. The minimum absolute atomic E-state index is 0.0191. The molecule has 30 heavy (non-hydrogen) atoms. The van der Waals surface area contributed by atoms with Crippen molar-refractivity contribution < 1.29 is 18.1 Å². The lowest BCUT2D eigenvalue weighted by atomic mass is 10.2. The number of hydrogen-bond donors (Lipinski definition) is 1. The third-order valence-corrected chi connectivity index (χ3v) is 6.69. The predicted molar refractivity (Wildman–Crippen MR) is 112 cm³/mol. The van der Waals surface area contributed by atoms with E-state index in [1.165, 1.54) is 46.8 Å². The number of nitro benzene ring substituents is 1. The number of rotatable bonds is 5. The molecule has 1 aliphatic rings. The molecule has 0 aliphatic carbocycles. The predicted octanol–water partition coefficient (Wildman–Crippen LogP) is 3.60. The Morgan fingerprint density at radius 3 is 2.53 bits per heavy atom. The fourth-order valence-electron chi connectivity index (χ4n) is 3.42. The van der Waals surface area contributed by atoms with Gasteiger partial charge in [0.1, 0.15) is 5.69 Å². The van der Waals surface area contributed by atoms with Crippen molar-refractivity contribution in [3.8, 4) is 0 Å². The minimum atomic E-state index is -3.86. The molecule has 0 radical (unpaired) electrons. The van der Waals surface area contributed by atoms with E-state index in [0.29, 0.717) is 18.7 Å². The van der Waals surface area contributed by atoms with Crippen LogP contribution in [0.1, 0.15) is 15.9 Å². The highest BCUT2D eigenvalue weighted by Crippen LogP contribution is 2.33. The highest BCUT2D eigenvalue weighted by atomic mass is 32.2. The lowest BCUT2D eigenvalue weighted by Crippen LogP contribution is -2.29. The number of benzene rings is 3. The number of carbonyl (C=O) groups excluding carboxylic acids is 1. The van der Waals surface area contributed by atoms with Gasteiger partial charge in [-0.05, 0) is 42.3 Å². The first-order valence-electron chi connectivity index (χ1n) is 9.13. The number of para-hydroxylation sites is 3. The summed E-state index contributed by atoms with van der Waals surface area (Å²) in [5.41, 5.74) is 1.46. The molecule has 3 aromatic rings. The number of nitrogens with zero attached hydrogens (tertiary/aromatic N) is 2. The number of anilines is 2. The number of nitro groups is 1. The van der Waals surface area contributed by atoms with Crippen molar-refractivity contribution >= 4 is 33.0 Å². The summed E-state index contributed by atoms with van der Waals surface area (Å²) in [7, 11) is -3.86. The summed E-state index contributed by atoms with van der Waals surface area (Å²) in [5, 5.41) is 13.6. The second kappa shape index (κ2) is 7.60. The van der Waals surface area contributed by atoms with Gasteiger partial charge in [-0.15, -0.1) is 0 Å². The molecule has 9 heteroatoms. The van der Waals surface area contributed by atoms with Crippen LogP contribution < -0.4 is 9.62 Å². The molecule has 3 aromatic carbocycles. The lowest BCUT2D eigenvalue weighted by molar-refractivity contribution is -0.383. The SMILES string of the molecule is O=C(Nc1ccccc1[N+](=O)[O-])c1cccc(S(=O)(=O)N2CCc3ccccc32)c1. The van der Waals surface area contributed by atoms with Gasteiger partial charge in [-0.1, -0.05) is 36.4 Å². The van der Waals surface area contributed by atoms with E-state index in [4.69, 9.17) is 0 Å². The van der Waals surface area contributed by atoms with Gasteiger partial charge in [0, 0.05) is 18.2 Å². The molecule has 1 N–H and O–H groups in total. The molecular formula is C21H17N3O5S. The molecule has 152 valence electrons. The molecule has 0 saturated carbocycles. The van der Waals surface area contributed by atoms with E-state index in [0.717, 1.165) is 5.56 Å². The average molecular weight is 423 g/mol. The number of amides is 1. The highest BCUT2D eigenvalue weighted by Gasteiger charge is 2.31. The molecular weight excluding hydrogens is 406 g/mol. The van der Waals surface area contributed by atoms with E-state index in [2.05, 4.69) is 5.32 Å². The van der Waals surface area contributed by atoms with Crippen molar-refractivity contribution in [1.82, 2.24) is 0 Å². The zero-order valence-electron chi connectivity index (χ0n) is 15.7. The second-order valence-corrected chi connectivity index (χ2v) is 8.57. The minimum Gasteiger partial charge on any atom is -0.316 e. The molecule has 0 atom stereocenters. The number of sulfonamides is 1. The molecule has 0 saturated heterocycles. The molecule has 0 bridgehead atoms. The molecule has 0 fully saturated rings. The van der Waals surface area contributed by atoms with Crippen LogP contribution in [0.3, 0.4) is 0 Å². The summed E-state index contributed by atoms with van der Waals surface area (Å²) in [6.07, 6.45) is 0.618. The van der Waals surface area contributed by atoms with Crippen LogP contribution in [0.2, 0.25) is 0 Å². The zero-order valence-corrected chi connectivity index (χ0v) is 16.5. The standard InChI is InChI=1S/C21H17N3O5S/c25-21(22-18-9-2-4-11-20(18)24(26)27)16-7-5-8-17(14-16)30(28,29)23-13-12-15-6-1-3-10-19(15)23/h1-11,14H,12-13H2,(H,22,25). The Morgan fingerprint density at radius 2 is 1.73 bits per heavy atom. The maximum absolute atomic E-state index is 13.2. The van der Waals surface area contributed by atoms with Crippen molar-refractivity contribution in [2.45, 2.75) is 11.3 Å². The van der Waals surface area contributed by atoms with E-state index in [9.17, 15) is 23.3 Å². The molecule has 1 heterocycles. The van der Waals surface area contributed by atoms with Gasteiger partial charge in [-0.3, -0.25) is 19.2 Å². The van der Waals surface area contributed by atoms with Gasteiger partial charge < -0.3 is 5.32 Å². The topological polar surface area (TPSA) is 110 Å². The van der Waals surface area contributed by atoms with Crippen LogP contribution in [0.4, 0.5) is 17.1 Å². The third kappa shape index (κ3) is 3.50. The van der Waals surface area contributed by atoms with Crippen LogP contribution in [-0.2, 0) is 16.4 Å². The molecule has 0 unspecified atom stereocenters. The fourth-order valence-corrected chi connectivity index (χ4v) is 4.97. The Hall–Kier alpha value is -3.72. The van der Waals surface area contributed by atoms with Crippen molar-refractivity contribution in [3.05, 3.63) is 94.0 Å². The smallest absolute Gasteiger partial charge is 0.292 e. The molecule has 0 aromatic heterocycles. The Labute approximate surface area is 173 Å². The summed E-state index contributed by atoms with van der Waals surface area (Å²) >= 11 is 0. The van der Waals surface area contributed by atoms with Gasteiger partial charge in [0.15, 0.2) is 0 Å². The highest BCUT2D eigenvalue weighted by molar-refractivity contribution is 7.92. The van der Waals surface area contributed by atoms with Crippen molar-refractivity contribution in [3.63, 3.8) is 0 Å². The van der Waals surface area contributed by atoms with Crippen molar-refractivity contribution in [1.29, 1.82) is 0 Å². The lowest BCUT2D eigenvalue weighted by Gasteiger charge is -2.20. The monoisotopic (exact) mass is 423 g/mol. The first-order chi connectivity index (χ1) is 14.4. The van der Waals surface area contributed by atoms with E-state index < -0.39 is 20.9 Å². The molecule has 8 nitrogen and oxygen atoms in total. The Balaban J connectivity index is 1.63. The van der Waals surface area contributed by atoms with E-state index >= 15 is 0 Å². The summed E-state index contributed by atoms with van der Waals surface area (Å²) in [4.78, 5) is 23.2. The molecule has 0 spiro atoms. The van der Waals surface area contributed by atoms with Crippen LogP contribution in [0.5, 0.6) is 0 Å². The zero-order chi connectivity index (χ0) is 21.3. The van der Waals surface area contributed by atoms with Gasteiger partial charge >= 0.3 is 0 Å². The molecule has 1 aliphatic heterocycles. The summed E-state index contributed by atoms with van der Waals surface area (Å²) in [5.74, 6) is -0.636. The van der Waals surface area contributed by atoms with Crippen LogP contribution >= 0.6 is 0 Å². The quantitative estimate of drug-likeness (QED) is 0.498. The first kappa shape index (κ1) is 19.6. The van der Waals surface area contributed by atoms with Gasteiger partial charge in [0.25, 0.3) is 21.6 Å². The van der Waals surface area contributed by atoms with Gasteiger partial charge in [-0.25, -0.2) is 8.42 Å². The van der Waals surface area contributed by atoms with E-state index in [-0.39, 0.29) is 21.8 Å². The average Bonchev–Trinajstić information content (AvgIpc) is 3.19. The number of carbonyl (C=O) groups is 1. The number of nitrogens with one attached hydrogen (secondary N) is 1. The maximum atomic E-state index is 13.2. The molecule has 4 rings (SSSR count). The summed E-state index contributed by atoms with van der Waals surface area (Å²) < 4.78 is 27.7. The van der Waals surface area contributed by atoms with Gasteiger partial charge in [-0.2, -0.15) is 0 Å². The van der Waals surface area contributed by atoms with Crippen LogP contribution in [0, 0.1) is 10.1 Å². The van der Waals surface area contributed by atoms with Gasteiger partial charge in [0.2, 0.25) is 0 Å². The third-order valence-electron chi connectivity index (χ3n) is 4.88. The van der Waals surface area contributed by atoms with Crippen molar-refractivity contribution in [2.24, 2.45) is 0 Å². The maximum Gasteiger partial charge on any atom is 0.292 e. The number of hydrogen-bond acceptors (Lipinski definition) is 5. The van der Waals surface area contributed by atoms with Crippen molar-refractivity contribution in [2.75, 3.05) is 16.2 Å². The molecule has 1 amide bonds. The summed E-state index contributed by atoms with van der Waals surface area (Å²) in [6.45, 7) is 0.328. The van der Waals surface area contributed by atoms with Crippen LogP contribution in [-0.4, -0.2) is 25.8 Å². The largest absolute Gasteiger partial charge is 0.316 e. The number of fused-ring (bicyclic) bond motifs is 1. The first-order valence-corrected chi connectivity index (χ1v) is 10.6. The summed E-state index contributed by atoms with van der Waals surface area (Å²) in [6, 6.07) is 18.7. The van der Waals surface area contributed by atoms with Crippen LogP contribution in [0.15, 0.2) is 77.7 Å². The Bertz CT molecular complexity index is 1260. The van der Waals surface area contributed by atoms with Crippen LogP contribution in [0.25, 0.3) is 0 Å². The van der Waals surface area contributed by atoms with E-state index in [1.54, 1.807) is 18.2 Å². The van der Waals surface area contributed by atoms with E-state index in [1.807, 2.05) is 12.1 Å². The normalized spacial score (nSPS) is 13.0. The second-order valence-electron chi connectivity index (χ2n) is 6.71.